The molecule has 0 radical (unpaired) electrons. The van der Waals surface area contributed by atoms with Gasteiger partial charge in [-0.05, 0) is 35.4 Å². The molecule has 0 aliphatic heterocycles. The van der Waals surface area contributed by atoms with E-state index in [-0.39, 0.29) is 12.5 Å². The van der Waals surface area contributed by atoms with Gasteiger partial charge in [-0.3, -0.25) is 4.79 Å². The summed E-state index contributed by atoms with van der Waals surface area (Å²) in [5.74, 6) is 0.806. The highest BCUT2D eigenvalue weighted by Gasteiger charge is 2.22. The molecule has 2 N–H and O–H groups in total. The fraction of sp³-hybridized carbons (Fsp3) is 0.167. The van der Waals surface area contributed by atoms with E-state index in [2.05, 4.69) is 10.6 Å². The van der Waals surface area contributed by atoms with Crippen molar-refractivity contribution in [3.63, 3.8) is 0 Å². The maximum absolute atomic E-state index is 12.8. The van der Waals surface area contributed by atoms with Gasteiger partial charge in [0.25, 0.3) is 0 Å². The number of carbonyl (C=O) groups is 2. The minimum absolute atomic E-state index is 0.134. The lowest BCUT2D eigenvalue weighted by Crippen LogP contribution is -2.45. The first-order valence-corrected chi connectivity index (χ1v) is 11.3. The Labute approximate surface area is 191 Å². The van der Waals surface area contributed by atoms with Crippen LogP contribution in [-0.4, -0.2) is 23.8 Å². The third kappa shape index (κ3) is 8.00. The maximum atomic E-state index is 12.8. The molecule has 2 amide bonds. The first-order chi connectivity index (χ1) is 15.1. The quantitative estimate of drug-likeness (QED) is 0.447. The van der Waals surface area contributed by atoms with E-state index in [1.165, 1.54) is 0 Å². The third-order valence-corrected chi connectivity index (χ3v) is 5.69. The Morgan fingerprint density at radius 2 is 1.48 bits per heavy atom. The summed E-state index contributed by atoms with van der Waals surface area (Å²) >= 11 is 7.46. The monoisotopic (exact) mass is 454 g/mol. The van der Waals surface area contributed by atoms with Crippen LogP contribution in [0.25, 0.3) is 0 Å². The van der Waals surface area contributed by atoms with Gasteiger partial charge in [0.1, 0.15) is 12.6 Å². The Bertz CT molecular complexity index is 969. The van der Waals surface area contributed by atoms with E-state index in [4.69, 9.17) is 16.3 Å². The molecule has 0 fully saturated rings. The van der Waals surface area contributed by atoms with E-state index >= 15 is 0 Å². The molecule has 0 aliphatic carbocycles. The second-order valence-corrected chi connectivity index (χ2v) is 8.22. The molecule has 0 saturated carbocycles. The van der Waals surface area contributed by atoms with Gasteiger partial charge in [-0.15, -0.1) is 0 Å². The van der Waals surface area contributed by atoms with Gasteiger partial charge in [0.15, 0.2) is 0 Å². The molecule has 3 aromatic rings. The lowest BCUT2D eigenvalue weighted by Gasteiger charge is -2.18. The molecule has 5 nitrogen and oxygen atoms in total. The number of amides is 2. The van der Waals surface area contributed by atoms with Crippen molar-refractivity contribution in [1.29, 1.82) is 0 Å². The third-order valence-electron chi connectivity index (χ3n) is 4.33. The highest BCUT2D eigenvalue weighted by atomic mass is 35.5. The molecule has 0 aromatic heterocycles. The number of carbonyl (C=O) groups excluding carboxylic acids is 2. The molecule has 3 rings (SSSR count). The van der Waals surface area contributed by atoms with Gasteiger partial charge in [0.05, 0.1) is 0 Å². The Hall–Kier alpha value is -2.96. The number of anilines is 1. The van der Waals surface area contributed by atoms with E-state index in [1.54, 1.807) is 36.0 Å². The number of rotatable bonds is 9. The summed E-state index contributed by atoms with van der Waals surface area (Å²) in [5.41, 5.74) is 2.63. The number of nitrogens with one attached hydrogen (secondary N) is 2. The van der Waals surface area contributed by atoms with Crippen molar-refractivity contribution in [2.75, 3.05) is 11.1 Å². The van der Waals surface area contributed by atoms with Crippen molar-refractivity contribution < 1.29 is 14.3 Å². The SMILES string of the molecule is O=C(NC(CSCc1ccccc1)C(=O)Nc1ccc(Cl)cc1)OCc1ccccc1. The minimum Gasteiger partial charge on any atom is -0.445 e. The smallest absolute Gasteiger partial charge is 0.408 e. The number of thioether (sulfide) groups is 1. The summed E-state index contributed by atoms with van der Waals surface area (Å²) in [6, 6.07) is 25.4. The van der Waals surface area contributed by atoms with Crippen LogP contribution in [0.4, 0.5) is 10.5 Å². The standard InChI is InChI=1S/C24H23ClN2O3S/c25-20-11-13-21(14-12-20)26-23(28)22(17-31-16-19-9-5-2-6-10-19)27-24(29)30-15-18-7-3-1-4-8-18/h1-14,22H,15-17H2,(H,26,28)(H,27,29). The molecule has 0 aliphatic rings. The molecular weight excluding hydrogens is 432 g/mol. The molecule has 1 unspecified atom stereocenters. The van der Waals surface area contributed by atoms with Gasteiger partial charge in [0.2, 0.25) is 5.91 Å². The predicted molar refractivity (Wildman–Crippen MR) is 126 cm³/mol. The van der Waals surface area contributed by atoms with Crippen molar-refractivity contribution in [2.45, 2.75) is 18.4 Å². The lowest BCUT2D eigenvalue weighted by atomic mass is 10.2. The highest BCUT2D eigenvalue weighted by molar-refractivity contribution is 7.98. The zero-order valence-corrected chi connectivity index (χ0v) is 18.4. The van der Waals surface area contributed by atoms with Crippen LogP contribution in [-0.2, 0) is 21.9 Å². The Morgan fingerprint density at radius 3 is 2.13 bits per heavy atom. The van der Waals surface area contributed by atoms with Crippen molar-refractivity contribution >= 4 is 41.1 Å². The van der Waals surface area contributed by atoms with Gasteiger partial charge < -0.3 is 15.4 Å². The number of hydrogen-bond donors (Lipinski definition) is 2. The van der Waals surface area contributed by atoms with E-state index in [0.29, 0.717) is 16.5 Å². The van der Waals surface area contributed by atoms with Crippen LogP contribution in [0.2, 0.25) is 5.02 Å². The van der Waals surface area contributed by atoms with E-state index in [0.717, 1.165) is 16.9 Å². The van der Waals surface area contributed by atoms with Crippen molar-refractivity contribution in [3.8, 4) is 0 Å². The van der Waals surface area contributed by atoms with Gasteiger partial charge in [-0.2, -0.15) is 11.8 Å². The van der Waals surface area contributed by atoms with Crippen LogP contribution in [0, 0.1) is 0 Å². The predicted octanol–water partition coefficient (Wildman–Crippen LogP) is 5.51. The lowest BCUT2D eigenvalue weighted by molar-refractivity contribution is -0.117. The molecule has 0 bridgehead atoms. The summed E-state index contributed by atoms with van der Waals surface area (Å²) in [4.78, 5) is 25.1. The largest absolute Gasteiger partial charge is 0.445 e. The molecule has 31 heavy (non-hydrogen) atoms. The maximum Gasteiger partial charge on any atom is 0.408 e. The second kappa shape index (κ2) is 12.0. The zero-order chi connectivity index (χ0) is 21.9. The van der Waals surface area contributed by atoms with Crippen LogP contribution < -0.4 is 10.6 Å². The van der Waals surface area contributed by atoms with Crippen LogP contribution in [0.5, 0.6) is 0 Å². The normalized spacial score (nSPS) is 11.4. The molecular formula is C24H23ClN2O3S. The van der Waals surface area contributed by atoms with Gasteiger partial charge in [-0.1, -0.05) is 72.3 Å². The van der Waals surface area contributed by atoms with Crippen LogP contribution >= 0.6 is 23.4 Å². The van der Waals surface area contributed by atoms with Gasteiger partial charge >= 0.3 is 6.09 Å². The summed E-state index contributed by atoms with van der Waals surface area (Å²) in [6.45, 7) is 0.134. The first kappa shape index (κ1) is 22.7. The minimum atomic E-state index is -0.757. The summed E-state index contributed by atoms with van der Waals surface area (Å²) in [7, 11) is 0. The number of ether oxygens (including phenoxy) is 1. The fourth-order valence-corrected chi connectivity index (χ4v) is 3.86. The molecule has 3 aromatic carbocycles. The highest BCUT2D eigenvalue weighted by Crippen LogP contribution is 2.16. The Morgan fingerprint density at radius 1 is 0.871 bits per heavy atom. The van der Waals surface area contributed by atoms with E-state index in [9.17, 15) is 9.59 Å². The van der Waals surface area contributed by atoms with Gasteiger partial charge in [-0.25, -0.2) is 4.79 Å². The molecule has 1 atom stereocenters. The molecule has 0 saturated heterocycles. The Kier molecular flexibility index (Phi) is 8.82. The number of benzene rings is 3. The number of alkyl carbamates (subject to hydrolysis) is 1. The van der Waals surface area contributed by atoms with Crippen LogP contribution in [0.1, 0.15) is 11.1 Å². The van der Waals surface area contributed by atoms with Gasteiger partial charge in [0, 0.05) is 22.2 Å². The van der Waals surface area contributed by atoms with E-state index in [1.807, 2.05) is 60.7 Å². The first-order valence-electron chi connectivity index (χ1n) is 9.75. The van der Waals surface area contributed by atoms with Crippen molar-refractivity contribution in [2.24, 2.45) is 0 Å². The molecule has 0 spiro atoms. The second-order valence-electron chi connectivity index (χ2n) is 6.76. The molecule has 7 heteroatoms. The summed E-state index contributed by atoms with van der Waals surface area (Å²) in [5, 5.41) is 6.08. The van der Waals surface area contributed by atoms with Crippen LogP contribution in [0.15, 0.2) is 84.9 Å². The summed E-state index contributed by atoms with van der Waals surface area (Å²) < 4.78 is 5.28. The topological polar surface area (TPSA) is 67.4 Å². The fourth-order valence-electron chi connectivity index (χ4n) is 2.72. The molecule has 160 valence electrons. The number of halogens is 1. The number of hydrogen-bond acceptors (Lipinski definition) is 4. The Balaban J connectivity index is 1.58. The summed E-state index contributed by atoms with van der Waals surface area (Å²) in [6.07, 6.45) is -0.638. The average Bonchev–Trinajstić information content (AvgIpc) is 2.80. The van der Waals surface area contributed by atoms with Crippen LogP contribution in [0.3, 0.4) is 0 Å². The average molecular weight is 455 g/mol. The van der Waals surface area contributed by atoms with Crippen molar-refractivity contribution in [1.82, 2.24) is 5.32 Å². The zero-order valence-electron chi connectivity index (χ0n) is 16.8. The van der Waals surface area contributed by atoms with Crippen molar-refractivity contribution in [3.05, 3.63) is 101 Å². The van der Waals surface area contributed by atoms with E-state index < -0.39 is 12.1 Å². The molecule has 0 heterocycles.